The van der Waals surface area contributed by atoms with Gasteiger partial charge in [0, 0.05) is 12.1 Å². The zero-order valence-electron chi connectivity index (χ0n) is 11.0. The van der Waals surface area contributed by atoms with Crippen LogP contribution in [0.2, 0.25) is 0 Å². The second-order valence-electron chi connectivity index (χ2n) is 4.41. The lowest BCUT2D eigenvalue weighted by molar-refractivity contribution is -0.134. The van der Waals surface area contributed by atoms with Crippen molar-refractivity contribution in [2.45, 2.75) is 32.4 Å². The Bertz CT molecular complexity index is 556. The first kappa shape index (κ1) is 16.6. The summed E-state index contributed by atoms with van der Waals surface area (Å²) in [6.07, 6.45) is -5.22. The number of nitrogens with two attached hydrogens (primary N) is 1. The SMILES string of the molecule is CCc1ccc(NS(=O)(=O)CCCC(F)(F)F)cc1N. The molecule has 114 valence electrons. The largest absolute Gasteiger partial charge is 0.398 e. The summed E-state index contributed by atoms with van der Waals surface area (Å²) in [4.78, 5) is 0. The van der Waals surface area contributed by atoms with E-state index in [9.17, 15) is 21.6 Å². The van der Waals surface area contributed by atoms with Crippen molar-refractivity contribution in [2.75, 3.05) is 16.2 Å². The second-order valence-corrected chi connectivity index (χ2v) is 6.25. The molecule has 0 saturated carbocycles. The Kier molecular flexibility index (Phi) is 5.27. The first-order chi connectivity index (χ1) is 9.13. The number of benzene rings is 1. The van der Waals surface area contributed by atoms with Gasteiger partial charge in [0.25, 0.3) is 0 Å². The predicted octanol–water partition coefficient (Wildman–Crippen LogP) is 2.92. The Morgan fingerprint density at radius 1 is 1.30 bits per heavy atom. The van der Waals surface area contributed by atoms with Gasteiger partial charge in [-0.25, -0.2) is 8.42 Å². The Balaban J connectivity index is 2.64. The summed E-state index contributed by atoms with van der Waals surface area (Å²) >= 11 is 0. The Morgan fingerprint density at radius 3 is 2.45 bits per heavy atom. The molecule has 0 aliphatic rings. The van der Waals surface area contributed by atoms with Crippen molar-refractivity contribution in [2.24, 2.45) is 0 Å². The highest BCUT2D eigenvalue weighted by atomic mass is 32.2. The topological polar surface area (TPSA) is 72.2 Å². The highest BCUT2D eigenvalue weighted by Crippen LogP contribution is 2.23. The van der Waals surface area contributed by atoms with Gasteiger partial charge < -0.3 is 5.73 Å². The molecule has 0 saturated heterocycles. The highest BCUT2D eigenvalue weighted by Gasteiger charge is 2.27. The van der Waals surface area contributed by atoms with Crippen LogP contribution in [0, 0.1) is 0 Å². The summed E-state index contributed by atoms with van der Waals surface area (Å²) in [5, 5.41) is 0. The summed E-state index contributed by atoms with van der Waals surface area (Å²) in [6, 6.07) is 4.68. The molecule has 0 radical (unpaired) electrons. The van der Waals surface area contributed by atoms with E-state index in [1.165, 1.54) is 12.1 Å². The summed E-state index contributed by atoms with van der Waals surface area (Å²) in [6.45, 7) is 1.91. The predicted molar refractivity (Wildman–Crippen MR) is 72.9 cm³/mol. The number of hydrogen-bond donors (Lipinski definition) is 2. The van der Waals surface area contributed by atoms with E-state index in [0.29, 0.717) is 12.1 Å². The lowest BCUT2D eigenvalue weighted by Gasteiger charge is -2.11. The van der Waals surface area contributed by atoms with Crippen molar-refractivity contribution >= 4 is 21.4 Å². The van der Waals surface area contributed by atoms with Gasteiger partial charge in [-0.1, -0.05) is 13.0 Å². The first-order valence-electron chi connectivity index (χ1n) is 6.08. The van der Waals surface area contributed by atoms with Crippen LogP contribution in [0.1, 0.15) is 25.3 Å². The third-order valence-electron chi connectivity index (χ3n) is 2.67. The molecule has 0 aliphatic heterocycles. The number of sulfonamides is 1. The first-order valence-corrected chi connectivity index (χ1v) is 7.74. The van der Waals surface area contributed by atoms with Crippen molar-refractivity contribution in [1.29, 1.82) is 0 Å². The lowest BCUT2D eigenvalue weighted by Crippen LogP contribution is -2.19. The number of nitrogen functional groups attached to an aromatic ring is 1. The molecule has 0 unspecified atom stereocenters. The Hall–Kier alpha value is -1.44. The zero-order valence-corrected chi connectivity index (χ0v) is 11.8. The molecule has 0 amide bonds. The van der Waals surface area contributed by atoms with Crippen LogP contribution in [0.3, 0.4) is 0 Å². The summed E-state index contributed by atoms with van der Waals surface area (Å²) < 4.78 is 61.4. The third kappa shape index (κ3) is 5.68. The van der Waals surface area contributed by atoms with Crippen molar-refractivity contribution < 1.29 is 21.6 Å². The molecule has 0 bridgehead atoms. The van der Waals surface area contributed by atoms with E-state index >= 15 is 0 Å². The van der Waals surface area contributed by atoms with E-state index < -0.39 is 34.8 Å². The maximum absolute atomic E-state index is 12.0. The number of rotatable bonds is 6. The average Bonchev–Trinajstić information content (AvgIpc) is 2.26. The molecule has 0 heterocycles. The van der Waals surface area contributed by atoms with Gasteiger partial charge in [0.2, 0.25) is 10.0 Å². The van der Waals surface area contributed by atoms with Crippen LogP contribution in [-0.2, 0) is 16.4 Å². The van der Waals surface area contributed by atoms with Crippen molar-refractivity contribution in [3.05, 3.63) is 23.8 Å². The maximum Gasteiger partial charge on any atom is 0.389 e. The lowest BCUT2D eigenvalue weighted by atomic mass is 10.1. The van der Waals surface area contributed by atoms with Crippen LogP contribution < -0.4 is 10.5 Å². The van der Waals surface area contributed by atoms with Crippen LogP contribution in [-0.4, -0.2) is 20.3 Å². The number of halogens is 3. The maximum atomic E-state index is 12.0. The van der Waals surface area contributed by atoms with E-state index in [4.69, 9.17) is 5.73 Å². The zero-order chi connectivity index (χ0) is 15.4. The van der Waals surface area contributed by atoms with E-state index in [1.807, 2.05) is 6.92 Å². The fourth-order valence-electron chi connectivity index (χ4n) is 1.67. The van der Waals surface area contributed by atoms with Gasteiger partial charge in [-0.15, -0.1) is 0 Å². The number of nitrogens with one attached hydrogen (secondary N) is 1. The molecule has 0 aliphatic carbocycles. The molecule has 1 aromatic carbocycles. The van der Waals surface area contributed by atoms with Crippen LogP contribution in [0.15, 0.2) is 18.2 Å². The fraction of sp³-hybridized carbons (Fsp3) is 0.500. The van der Waals surface area contributed by atoms with Gasteiger partial charge in [-0.2, -0.15) is 13.2 Å². The van der Waals surface area contributed by atoms with Crippen LogP contribution in [0.4, 0.5) is 24.5 Å². The van der Waals surface area contributed by atoms with Crippen molar-refractivity contribution in [3.63, 3.8) is 0 Å². The van der Waals surface area contributed by atoms with Gasteiger partial charge in [-0.05, 0) is 30.5 Å². The molecule has 0 spiro atoms. The fourth-order valence-corrected chi connectivity index (χ4v) is 2.79. The Labute approximate surface area is 116 Å². The van der Waals surface area contributed by atoms with Crippen molar-refractivity contribution in [3.8, 4) is 0 Å². The van der Waals surface area contributed by atoms with Gasteiger partial charge in [-0.3, -0.25) is 4.72 Å². The molecule has 4 nitrogen and oxygen atoms in total. The van der Waals surface area contributed by atoms with E-state index in [0.717, 1.165) is 5.56 Å². The van der Waals surface area contributed by atoms with Crippen LogP contribution in [0.5, 0.6) is 0 Å². The molecule has 8 heteroatoms. The number of aryl methyl sites for hydroxylation is 1. The minimum absolute atomic E-state index is 0.256. The summed E-state index contributed by atoms with van der Waals surface area (Å²) in [7, 11) is -3.80. The molecule has 20 heavy (non-hydrogen) atoms. The quantitative estimate of drug-likeness (QED) is 0.794. The number of hydrogen-bond acceptors (Lipinski definition) is 3. The van der Waals surface area contributed by atoms with E-state index in [-0.39, 0.29) is 5.69 Å². The Morgan fingerprint density at radius 2 is 1.95 bits per heavy atom. The average molecular weight is 310 g/mol. The van der Waals surface area contributed by atoms with E-state index in [2.05, 4.69) is 4.72 Å². The standard InChI is InChI=1S/C12H17F3N2O2S/c1-2-9-4-5-10(8-11(9)16)17-20(18,19)7-3-6-12(13,14)15/h4-5,8,17H,2-3,6-7,16H2,1H3. The highest BCUT2D eigenvalue weighted by molar-refractivity contribution is 7.92. The summed E-state index contributed by atoms with van der Waals surface area (Å²) in [5.74, 6) is -0.581. The normalized spacial score (nSPS) is 12.4. The molecule has 0 fully saturated rings. The van der Waals surface area contributed by atoms with Gasteiger partial charge in [0.15, 0.2) is 0 Å². The molecule has 3 N–H and O–H groups in total. The van der Waals surface area contributed by atoms with Gasteiger partial charge in [0.1, 0.15) is 0 Å². The molecular formula is C12H17F3N2O2S. The second kappa shape index (κ2) is 6.34. The molecule has 1 aromatic rings. The number of alkyl halides is 3. The molecule has 0 atom stereocenters. The smallest absolute Gasteiger partial charge is 0.389 e. The monoisotopic (exact) mass is 310 g/mol. The van der Waals surface area contributed by atoms with Crippen LogP contribution in [0.25, 0.3) is 0 Å². The minimum Gasteiger partial charge on any atom is -0.398 e. The number of anilines is 2. The van der Waals surface area contributed by atoms with Gasteiger partial charge in [0.05, 0.1) is 11.4 Å². The van der Waals surface area contributed by atoms with E-state index in [1.54, 1.807) is 6.07 Å². The van der Waals surface area contributed by atoms with Crippen LogP contribution >= 0.6 is 0 Å². The molecule has 0 aromatic heterocycles. The molecule has 1 rings (SSSR count). The summed E-state index contributed by atoms with van der Waals surface area (Å²) in [5.41, 5.74) is 7.31. The van der Waals surface area contributed by atoms with Gasteiger partial charge >= 0.3 is 6.18 Å². The minimum atomic E-state index is -4.34. The molecular weight excluding hydrogens is 293 g/mol. The third-order valence-corrected chi connectivity index (χ3v) is 4.05. The van der Waals surface area contributed by atoms with Crippen molar-refractivity contribution in [1.82, 2.24) is 0 Å².